The zero-order chi connectivity index (χ0) is 15.2. The standard InChI is InChI=1S/C16H24FN3O/c1-11(13-5-3-2-4-6-13)19-10-12-7-14(16(18)20-21)9-15(17)8-12/h7-9,11,13,19,21H,2-6,10H2,1H3,(H2,18,20)/t11-/m0/s1. The van der Waals surface area contributed by atoms with Crippen molar-refractivity contribution in [2.24, 2.45) is 16.8 Å². The van der Waals surface area contributed by atoms with Crippen molar-refractivity contribution >= 4 is 5.84 Å². The van der Waals surface area contributed by atoms with E-state index in [9.17, 15) is 4.39 Å². The van der Waals surface area contributed by atoms with Crippen molar-refractivity contribution in [3.8, 4) is 0 Å². The predicted molar refractivity (Wildman–Crippen MR) is 81.8 cm³/mol. The number of benzene rings is 1. The Kier molecular flexibility index (Phi) is 5.56. The van der Waals surface area contributed by atoms with Gasteiger partial charge in [-0.05, 0) is 49.4 Å². The molecule has 0 heterocycles. The largest absolute Gasteiger partial charge is 0.409 e. The van der Waals surface area contributed by atoms with Gasteiger partial charge in [-0.2, -0.15) is 0 Å². The van der Waals surface area contributed by atoms with Gasteiger partial charge in [-0.1, -0.05) is 24.4 Å². The number of halogens is 1. The molecule has 1 aromatic rings. The summed E-state index contributed by atoms with van der Waals surface area (Å²) >= 11 is 0. The first kappa shape index (κ1) is 15.8. The lowest BCUT2D eigenvalue weighted by atomic mass is 9.84. The number of amidine groups is 1. The normalized spacial score (nSPS) is 18.7. The summed E-state index contributed by atoms with van der Waals surface area (Å²) in [6, 6.07) is 4.91. The number of nitrogens with two attached hydrogens (primary N) is 1. The van der Waals surface area contributed by atoms with Gasteiger partial charge in [0, 0.05) is 18.2 Å². The average molecular weight is 293 g/mol. The zero-order valence-electron chi connectivity index (χ0n) is 12.5. The van der Waals surface area contributed by atoms with Crippen LogP contribution < -0.4 is 11.1 Å². The topological polar surface area (TPSA) is 70.6 Å². The van der Waals surface area contributed by atoms with Crippen LogP contribution in [0.3, 0.4) is 0 Å². The fraction of sp³-hybridized carbons (Fsp3) is 0.562. The minimum atomic E-state index is -0.374. The molecule has 2 rings (SSSR count). The van der Waals surface area contributed by atoms with Gasteiger partial charge >= 0.3 is 0 Å². The van der Waals surface area contributed by atoms with E-state index in [0.717, 1.165) is 5.56 Å². The molecule has 21 heavy (non-hydrogen) atoms. The molecule has 4 nitrogen and oxygen atoms in total. The Morgan fingerprint density at radius 1 is 1.38 bits per heavy atom. The van der Waals surface area contributed by atoms with Crippen LogP contribution in [0.5, 0.6) is 0 Å². The number of oxime groups is 1. The fourth-order valence-corrected chi connectivity index (χ4v) is 3.04. The van der Waals surface area contributed by atoms with E-state index in [0.29, 0.717) is 24.1 Å². The molecule has 0 unspecified atom stereocenters. The first-order valence-corrected chi connectivity index (χ1v) is 7.61. The molecule has 0 saturated heterocycles. The first-order valence-electron chi connectivity index (χ1n) is 7.61. The monoisotopic (exact) mass is 293 g/mol. The van der Waals surface area contributed by atoms with Crippen LogP contribution in [0.4, 0.5) is 4.39 Å². The van der Waals surface area contributed by atoms with Crippen LogP contribution in [0.25, 0.3) is 0 Å². The van der Waals surface area contributed by atoms with Gasteiger partial charge in [0.25, 0.3) is 0 Å². The molecule has 0 aliphatic heterocycles. The molecule has 5 heteroatoms. The van der Waals surface area contributed by atoms with Crippen LogP contribution >= 0.6 is 0 Å². The van der Waals surface area contributed by atoms with Gasteiger partial charge < -0.3 is 16.3 Å². The van der Waals surface area contributed by atoms with E-state index in [-0.39, 0.29) is 11.7 Å². The highest BCUT2D eigenvalue weighted by Gasteiger charge is 2.19. The summed E-state index contributed by atoms with van der Waals surface area (Å²) in [4.78, 5) is 0. The predicted octanol–water partition coefficient (Wildman–Crippen LogP) is 2.98. The first-order chi connectivity index (χ1) is 10.1. The van der Waals surface area contributed by atoms with Crippen LogP contribution in [0.15, 0.2) is 23.4 Å². The Balaban J connectivity index is 1.97. The molecule has 1 aliphatic carbocycles. The Hall–Kier alpha value is -1.62. The highest BCUT2D eigenvalue weighted by atomic mass is 19.1. The quantitative estimate of drug-likeness (QED) is 0.338. The van der Waals surface area contributed by atoms with Crippen molar-refractivity contribution in [1.29, 1.82) is 0 Å². The molecule has 0 bridgehead atoms. The summed E-state index contributed by atoms with van der Waals surface area (Å²) in [7, 11) is 0. The van der Waals surface area contributed by atoms with Crippen molar-refractivity contribution in [2.75, 3.05) is 0 Å². The van der Waals surface area contributed by atoms with Crippen molar-refractivity contribution in [3.05, 3.63) is 35.1 Å². The van der Waals surface area contributed by atoms with Crippen molar-refractivity contribution < 1.29 is 9.60 Å². The maximum atomic E-state index is 13.6. The maximum Gasteiger partial charge on any atom is 0.170 e. The molecule has 0 aromatic heterocycles. The van der Waals surface area contributed by atoms with E-state index < -0.39 is 0 Å². The molecule has 1 aliphatic rings. The number of nitrogens with one attached hydrogen (secondary N) is 1. The van der Waals surface area contributed by atoms with E-state index >= 15 is 0 Å². The van der Waals surface area contributed by atoms with Crippen LogP contribution in [-0.4, -0.2) is 17.1 Å². The van der Waals surface area contributed by atoms with E-state index in [2.05, 4.69) is 17.4 Å². The van der Waals surface area contributed by atoms with E-state index in [1.54, 1.807) is 6.07 Å². The average Bonchev–Trinajstić information content (AvgIpc) is 2.52. The number of hydrogen-bond acceptors (Lipinski definition) is 3. The summed E-state index contributed by atoms with van der Waals surface area (Å²) < 4.78 is 13.6. The number of nitrogens with zero attached hydrogens (tertiary/aromatic N) is 1. The molecule has 0 radical (unpaired) electrons. The molecule has 1 saturated carbocycles. The molecule has 1 aromatic carbocycles. The summed E-state index contributed by atoms with van der Waals surface area (Å²) in [6.45, 7) is 2.78. The SMILES string of the molecule is C[C@H](NCc1cc(F)cc(/C(N)=N/O)c1)C1CCCCC1. The zero-order valence-corrected chi connectivity index (χ0v) is 12.5. The Labute approximate surface area is 125 Å². The molecule has 1 fully saturated rings. The molecule has 1 atom stereocenters. The second-order valence-electron chi connectivity index (χ2n) is 5.90. The second kappa shape index (κ2) is 7.41. The fourth-order valence-electron chi connectivity index (χ4n) is 3.04. The van der Waals surface area contributed by atoms with Crippen molar-refractivity contribution in [3.63, 3.8) is 0 Å². The van der Waals surface area contributed by atoms with Gasteiger partial charge in [-0.25, -0.2) is 4.39 Å². The lowest BCUT2D eigenvalue weighted by molar-refractivity contribution is 0.280. The minimum absolute atomic E-state index is 0.0731. The Morgan fingerprint density at radius 2 is 2.10 bits per heavy atom. The van der Waals surface area contributed by atoms with Crippen molar-refractivity contribution in [2.45, 2.75) is 51.6 Å². The Bertz CT molecular complexity index is 498. The molecular weight excluding hydrogens is 269 g/mol. The van der Waals surface area contributed by atoms with Gasteiger partial charge in [-0.15, -0.1) is 0 Å². The van der Waals surface area contributed by atoms with Gasteiger partial charge in [0.15, 0.2) is 5.84 Å². The summed E-state index contributed by atoms with van der Waals surface area (Å²) in [5.74, 6) is 0.258. The third kappa shape index (κ3) is 4.43. The molecule has 116 valence electrons. The molecule has 4 N–H and O–H groups in total. The van der Waals surface area contributed by atoms with Gasteiger partial charge in [0.2, 0.25) is 0 Å². The third-order valence-corrected chi connectivity index (χ3v) is 4.35. The summed E-state index contributed by atoms with van der Waals surface area (Å²) in [6.07, 6.45) is 6.50. The highest BCUT2D eigenvalue weighted by molar-refractivity contribution is 5.97. The summed E-state index contributed by atoms with van der Waals surface area (Å²) in [5, 5.41) is 15.1. The van der Waals surface area contributed by atoms with Crippen LogP contribution in [0.1, 0.15) is 50.2 Å². The molecule has 0 spiro atoms. The van der Waals surface area contributed by atoms with Gasteiger partial charge in [-0.3, -0.25) is 0 Å². The van der Waals surface area contributed by atoms with Gasteiger partial charge in [0.1, 0.15) is 5.82 Å². The Morgan fingerprint density at radius 3 is 2.76 bits per heavy atom. The smallest absolute Gasteiger partial charge is 0.170 e. The van der Waals surface area contributed by atoms with E-state index in [1.807, 2.05) is 0 Å². The highest BCUT2D eigenvalue weighted by Crippen LogP contribution is 2.26. The number of hydrogen-bond donors (Lipinski definition) is 3. The minimum Gasteiger partial charge on any atom is -0.409 e. The van der Waals surface area contributed by atoms with Gasteiger partial charge in [0.05, 0.1) is 0 Å². The van der Waals surface area contributed by atoms with Crippen molar-refractivity contribution in [1.82, 2.24) is 5.32 Å². The van der Waals surface area contributed by atoms with E-state index in [1.165, 1.54) is 44.2 Å². The van der Waals surface area contributed by atoms with Crippen LogP contribution in [0, 0.1) is 11.7 Å². The van der Waals surface area contributed by atoms with Crippen LogP contribution in [0.2, 0.25) is 0 Å². The van der Waals surface area contributed by atoms with Crippen LogP contribution in [-0.2, 0) is 6.54 Å². The maximum absolute atomic E-state index is 13.6. The lowest BCUT2D eigenvalue weighted by Crippen LogP contribution is -2.34. The third-order valence-electron chi connectivity index (χ3n) is 4.35. The lowest BCUT2D eigenvalue weighted by Gasteiger charge is -2.28. The van der Waals surface area contributed by atoms with E-state index in [4.69, 9.17) is 10.9 Å². The summed E-state index contributed by atoms with van der Waals surface area (Å²) in [5.41, 5.74) is 6.73. The molecular formula is C16H24FN3O. The molecule has 0 amide bonds. The number of rotatable bonds is 5. The second-order valence-corrected chi connectivity index (χ2v) is 5.90.